The van der Waals surface area contributed by atoms with Crippen molar-refractivity contribution in [2.24, 2.45) is 16.8 Å². The number of ether oxygens (including phenoxy) is 1. The number of benzene rings is 2. The van der Waals surface area contributed by atoms with Crippen molar-refractivity contribution < 1.29 is 19.4 Å². The summed E-state index contributed by atoms with van der Waals surface area (Å²) in [5.74, 6) is 1.03. The number of carbonyl (C=O) groups is 2. The molecule has 2 unspecified atom stereocenters. The minimum absolute atomic E-state index is 0.00287. The average Bonchev–Trinajstić information content (AvgIpc) is 2.88. The standard InChI is InChI=1S/C27H33N3O4S/c1-34-13-10-27(28)23(17-25(31)32)9-8-20-6-7-22(16-24(20)27)26(33)21-4-2-19(3-5-21)18-29-30-11-14-35-15-12-30/h2-7,16,18,23H,8-15,17,28H2,1H3,(H,31,32). The second-order valence-corrected chi connectivity index (χ2v) is 10.5. The van der Waals surface area contributed by atoms with Crippen LogP contribution in [-0.4, -0.2) is 66.4 Å². The van der Waals surface area contributed by atoms with E-state index in [-0.39, 0.29) is 18.1 Å². The molecular weight excluding hydrogens is 462 g/mol. The van der Waals surface area contributed by atoms with Gasteiger partial charge in [0, 0.05) is 55.0 Å². The molecule has 1 saturated heterocycles. The van der Waals surface area contributed by atoms with Gasteiger partial charge in [0.2, 0.25) is 0 Å². The van der Waals surface area contributed by atoms with Crippen molar-refractivity contribution in [3.63, 3.8) is 0 Å². The van der Waals surface area contributed by atoms with Gasteiger partial charge in [-0.3, -0.25) is 14.6 Å². The maximum absolute atomic E-state index is 13.3. The largest absolute Gasteiger partial charge is 0.481 e. The summed E-state index contributed by atoms with van der Waals surface area (Å²) in [7, 11) is 1.61. The molecule has 35 heavy (non-hydrogen) atoms. The molecule has 0 amide bonds. The first kappa shape index (κ1) is 25.4. The third-order valence-corrected chi connectivity index (χ3v) is 7.98. The van der Waals surface area contributed by atoms with Crippen LogP contribution in [-0.2, 0) is 21.5 Å². The first-order chi connectivity index (χ1) is 16.9. The van der Waals surface area contributed by atoms with E-state index in [1.807, 2.05) is 60.4 Å². The zero-order valence-corrected chi connectivity index (χ0v) is 20.9. The van der Waals surface area contributed by atoms with Crippen molar-refractivity contribution in [1.82, 2.24) is 5.01 Å². The highest BCUT2D eigenvalue weighted by Crippen LogP contribution is 2.42. The van der Waals surface area contributed by atoms with E-state index in [4.69, 9.17) is 10.5 Å². The number of ketones is 1. The molecule has 0 radical (unpaired) electrons. The highest BCUT2D eigenvalue weighted by Gasteiger charge is 2.42. The maximum Gasteiger partial charge on any atom is 0.303 e. The summed E-state index contributed by atoms with van der Waals surface area (Å²) < 4.78 is 5.29. The number of carboxylic acid groups (broad SMARTS) is 1. The molecule has 0 saturated carbocycles. The summed E-state index contributed by atoms with van der Waals surface area (Å²) >= 11 is 1.94. The molecule has 1 aliphatic heterocycles. The Kier molecular flexibility index (Phi) is 8.26. The van der Waals surface area contributed by atoms with E-state index in [1.165, 1.54) is 0 Å². The van der Waals surface area contributed by atoms with Crippen LogP contribution in [0.2, 0.25) is 0 Å². The maximum atomic E-state index is 13.3. The summed E-state index contributed by atoms with van der Waals surface area (Å²) in [4.78, 5) is 24.8. The number of fused-ring (bicyclic) bond motifs is 1. The van der Waals surface area contributed by atoms with Crippen LogP contribution in [0.5, 0.6) is 0 Å². The van der Waals surface area contributed by atoms with Crippen LogP contribution in [0.15, 0.2) is 47.6 Å². The zero-order valence-electron chi connectivity index (χ0n) is 20.1. The Morgan fingerprint density at radius 1 is 1.20 bits per heavy atom. The summed E-state index contributed by atoms with van der Waals surface area (Å²) in [6.45, 7) is 2.33. The second kappa shape index (κ2) is 11.4. The van der Waals surface area contributed by atoms with Crippen LogP contribution in [0, 0.1) is 5.92 Å². The first-order valence-corrected chi connectivity index (χ1v) is 13.2. The molecule has 2 atom stereocenters. The number of rotatable bonds is 9. The molecule has 2 aromatic carbocycles. The summed E-state index contributed by atoms with van der Waals surface area (Å²) in [6.07, 6.45) is 3.78. The third kappa shape index (κ3) is 5.94. The monoisotopic (exact) mass is 495 g/mol. The topological polar surface area (TPSA) is 105 Å². The molecule has 8 heteroatoms. The fraction of sp³-hybridized carbons (Fsp3) is 0.444. The van der Waals surface area contributed by atoms with Gasteiger partial charge >= 0.3 is 5.97 Å². The lowest BCUT2D eigenvalue weighted by atomic mass is 9.66. The molecule has 7 nitrogen and oxygen atoms in total. The molecule has 1 fully saturated rings. The lowest BCUT2D eigenvalue weighted by Crippen LogP contribution is -2.49. The predicted octanol–water partition coefficient (Wildman–Crippen LogP) is 3.53. The Labute approximate surface area is 210 Å². The fourth-order valence-corrected chi connectivity index (χ4v) is 5.87. The molecule has 2 aromatic rings. The summed E-state index contributed by atoms with van der Waals surface area (Å²) in [5.41, 5.74) is 10.1. The Morgan fingerprint density at radius 2 is 1.91 bits per heavy atom. The highest BCUT2D eigenvalue weighted by molar-refractivity contribution is 7.99. The SMILES string of the molecule is COCCC1(N)c2cc(C(=O)c3ccc(C=NN4CCSCC4)cc3)ccc2CCC1CC(=O)O. The van der Waals surface area contributed by atoms with Crippen LogP contribution in [0.3, 0.4) is 0 Å². The van der Waals surface area contributed by atoms with Gasteiger partial charge in [-0.15, -0.1) is 0 Å². The van der Waals surface area contributed by atoms with E-state index in [2.05, 4.69) is 10.1 Å². The molecule has 1 heterocycles. The number of methoxy groups -OCH3 is 1. The molecule has 0 bridgehead atoms. The van der Waals surface area contributed by atoms with Crippen molar-refractivity contribution in [2.45, 2.75) is 31.2 Å². The Bertz CT molecular complexity index is 1080. The summed E-state index contributed by atoms with van der Waals surface area (Å²) in [6, 6.07) is 13.1. The quantitative estimate of drug-likeness (QED) is 0.405. The number of carbonyl (C=O) groups excluding carboxylic acids is 1. The van der Waals surface area contributed by atoms with E-state index in [0.717, 1.165) is 47.7 Å². The third-order valence-electron chi connectivity index (χ3n) is 7.04. The van der Waals surface area contributed by atoms with Crippen molar-refractivity contribution in [3.05, 3.63) is 70.3 Å². The van der Waals surface area contributed by atoms with Crippen LogP contribution < -0.4 is 5.73 Å². The average molecular weight is 496 g/mol. The number of nitrogens with two attached hydrogens (primary N) is 1. The number of thioether (sulfide) groups is 1. The fourth-order valence-electron chi connectivity index (χ4n) is 4.99. The van der Waals surface area contributed by atoms with Crippen LogP contribution in [0.4, 0.5) is 0 Å². The zero-order chi connectivity index (χ0) is 24.8. The van der Waals surface area contributed by atoms with Gasteiger partial charge in [-0.1, -0.05) is 36.4 Å². The van der Waals surface area contributed by atoms with Gasteiger partial charge in [0.05, 0.1) is 12.6 Å². The van der Waals surface area contributed by atoms with Gasteiger partial charge < -0.3 is 15.6 Å². The van der Waals surface area contributed by atoms with Gasteiger partial charge in [-0.05, 0) is 47.9 Å². The van der Waals surface area contributed by atoms with E-state index < -0.39 is 11.5 Å². The highest BCUT2D eigenvalue weighted by atomic mass is 32.2. The van der Waals surface area contributed by atoms with Gasteiger partial charge in [0.1, 0.15) is 0 Å². The normalized spacial score (nSPS) is 22.2. The van der Waals surface area contributed by atoms with Crippen molar-refractivity contribution in [3.8, 4) is 0 Å². The van der Waals surface area contributed by atoms with E-state index in [1.54, 1.807) is 7.11 Å². The minimum Gasteiger partial charge on any atom is -0.481 e. The van der Waals surface area contributed by atoms with Gasteiger partial charge in [-0.25, -0.2) is 0 Å². The van der Waals surface area contributed by atoms with Crippen molar-refractivity contribution >= 4 is 29.7 Å². The molecule has 186 valence electrons. The van der Waals surface area contributed by atoms with E-state index in [9.17, 15) is 14.7 Å². The number of carboxylic acids is 1. The molecule has 0 aromatic heterocycles. The molecule has 2 aliphatic rings. The van der Waals surface area contributed by atoms with Gasteiger partial charge in [0.25, 0.3) is 0 Å². The van der Waals surface area contributed by atoms with Crippen molar-refractivity contribution in [2.75, 3.05) is 38.3 Å². The second-order valence-electron chi connectivity index (χ2n) is 9.25. The Balaban J connectivity index is 1.55. The first-order valence-electron chi connectivity index (χ1n) is 12.0. The molecule has 4 rings (SSSR count). The van der Waals surface area contributed by atoms with Crippen LogP contribution >= 0.6 is 11.8 Å². The number of nitrogens with zero attached hydrogens (tertiary/aromatic N) is 2. The number of hydrogen-bond acceptors (Lipinski definition) is 7. The van der Waals surface area contributed by atoms with E-state index in [0.29, 0.717) is 30.6 Å². The smallest absolute Gasteiger partial charge is 0.303 e. The molecule has 0 spiro atoms. The molecule has 1 aliphatic carbocycles. The van der Waals surface area contributed by atoms with Gasteiger partial charge in [0.15, 0.2) is 5.78 Å². The molecule has 3 N–H and O–H groups in total. The Morgan fingerprint density at radius 3 is 2.60 bits per heavy atom. The van der Waals surface area contributed by atoms with Crippen LogP contribution in [0.1, 0.15) is 51.9 Å². The number of hydrogen-bond donors (Lipinski definition) is 2. The van der Waals surface area contributed by atoms with Gasteiger partial charge in [-0.2, -0.15) is 16.9 Å². The predicted molar refractivity (Wildman–Crippen MR) is 139 cm³/mol. The molecular formula is C27H33N3O4S. The number of aryl methyl sites for hydroxylation is 1. The minimum atomic E-state index is -0.860. The number of aliphatic carboxylic acids is 1. The van der Waals surface area contributed by atoms with E-state index >= 15 is 0 Å². The summed E-state index contributed by atoms with van der Waals surface area (Å²) in [5, 5.41) is 16.1. The lowest BCUT2D eigenvalue weighted by Gasteiger charge is -2.42. The van der Waals surface area contributed by atoms with Crippen molar-refractivity contribution in [1.29, 1.82) is 0 Å². The lowest BCUT2D eigenvalue weighted by molar-refractivity contribution is -0.139. The Hall–Kier alpha value is -2.68. The van der Waals surface area contributed by atoms with Crippen LogP contribution in [0.25, 0.3) is 0 Å². The number of hydrazone groups is 1.